The number of hydrogen-bond acceptors (Lipinski definition) is 8. The van der Waals surface area contributed by atoms with E-state index >= 15 is 0 Å². The van der Waals surface area contributed by atoms with E-state index in [2.05, 4.69) is 24.1 Å². The molecule has 5 heterocycles. The van der Waals surface area contributed by atoms with Crippen LogP contribution in [0, 0.1) is 18.6 Å². The molecule has 0 saturated carbocycles. The van der Waals surface area contributed by atoms with Crippen LogP contribution in [-0.2, 0) is 37.4 Å². The maximum Gasteiger partial charge on any atom is 0.439 e. The third-order valence-electron chi connectivity index (χ3n) is 7.95. The summed E-state index contributed by atoms with van der Waals surface area (Å²) in [5.74, 6) is -0.569. The molecule has 1 saturated heterocycles. The van der Waals surface area contributed by atoms with E-state index in [1.165, 1.54) is 0 Å². The molecule has 13 heteroatoms. The van der Waals surface area contributed by atoms with E-state index < -0.39 is 17.4 Å². The molecular formula is C30H27ClF2N6O4. The first kappa shape index (κ1) is 27.7. The number of ether oxygens (including phenoxy) is 2. The van der Waals surface area contributed by atoms with Crippen molar-refractivity contribution in [3.05, 3.63) is 91.8 Å². The summed E-state index contributed by atoms with van der Waals surface area (Å²) < 4.78 is 47.0. The number of hydrogen-bond donors (Lipinski definition) is 1. The highest BCUT2D eigenvalue weighted by molar-refractivity contribution is 6.30. The number of imidazole rings is 1. The SMILES string of the molecule is Cc1cc2c(nc1OCc1c(F)cc(Cl)cc1F)CN(Cc1nc3cc(-c4noc(=O)[nH]4)ccc3n1C[C@@H]1CCO1)CC2. The van der Waals surface area contributed by atoms with Crippen LogP contribution in [-0.4, -0.2) is 48.8 Å². The van der Waals surface area contributed by atoms with Gasteiger partial charge in [0.15, 0.2) is 5.82 Å². The Hall–Kier alpha value is -4.13. The molecule has 2 aliphatic heterocycles. The van der Waals surface area contributed by atoms with E-state index in [1.807, 2.05) is 31.2 Å². The topological polar surface area (TPSA) is 111 Å². The number of fused-ring (bicyclic) bond motifs is 2. The van der Waals surface area contributed by atoms with Gasteiger partial charge in [-0.25, -0.2) is 23.5 Å². The predicted octanol–water partition coefficient (Wildman–Crippen LogP) is 4.94. The zero-order valence-electron chi connectivity index (χ0n) is 23.2. The molecule has 222 valence electrons. The second kappa shape index (κ2) is 11.2. The summed E-state index contributed by atoms with van der Waals surface area (Å²) in [6.07, 6.45) is 1.91. The summed E-state index contributed by atoms with van der Waals surface area (Å²) in [5, 5.41) is 3.79. The Bertz CT molecular complexity index is 1880. The minimum atomic E-state index is -0.761. The highest BCUT2D eigenvalue weighted by atomic mass is 35.5. The second-order valence-corrected chi connectivity index (χ2v) is 11.3. The molecule has 1 N–H and O–H groups in total. The molecule has 2 aromatic carbocycles. The van der Waals surface area contributed by atoms with Crippen LogP contribution in [0.4, 0.5) is 8.78 Å². The summed E-state index contributed by atoms with van der Waals surface area (Å²) in [6, 6.07) is 9.90. The number of benzene rings is 2. The molecule has 1 atom stereocenters. The molecule has 7 rings (SSSR count). The normalized spacial score (nSPS) is 16.8. The highest BCUT2D eigenvalue weighted by Gasteiger charge is 2.25. The minimum absolute atomic E-state index is 0.0116. The van der Waals surface area contributed by atoms with Crippen LogP contribution in [0.3, 0.4) is 0 Å². The summed E-state index contributed by atoms with van der Waals surface area (Å²) in [7, 11) is 0. The van der Waals surface area contributed by atoms with E-state index in [1.54, 1.807) is 0 Å². The molecule has 0 radical (unpaired) electrons. The molecule has 0 bridgehead atoms. The fourth-order valence-electron chi connectivity index (χ4n) is 5.58. The number of nitrogens with one attached hydrogen (secondary N) is 1. The van der Waals surface area contributed by atoms with E-state index in [4.69, 9.17) is 31.0 Å². The third kappa shape index (κ3) is 5.53. The summed E-state index contributed by atoms with van der Waals surface area (Å²) in [5.41, 5.74) is 5.01. The number of aromatic nitrogens is 5. The predicted molar refractivity (Wildman–Crippen MR) is 153 cm³/mol. The van der Waals surface area contributed by atoms with Crippen LogP contribution in [0.2, 0.25) is 5.02 Å². The number of aryl methyl sites for hydroxylation is 1. The molecule has 0 unspecified atom stereocenters. The lowest BCUT2D eigenvalue weighted by atomic mass is 10.0. The molecule has 0 spiro atoms. The van der Waals surface area contributed by atoms with Crippen LogP contribution in [0.1, 0.15) is 34.6 Å². The first-order valence-electron chi connectivity index (χ1n) is 14.0. The van der Waals surface area contributed by atoms with Crippen molar-refractivity contribution in [3.63, 3.8) is 0 Å². The molecule has 0 aliphatic carbocycles. The maximum atomic E-state index is 14.3. The average molecular weight is 609 g/mol. The van der Waals surface area contributed by atoms with Gasteiger partial charge in [-0.15, -0.1) is 0 Å². The molecule has 0 amide bonds. The third-order valence-corrected chi connectivity index (χ3v) is 8.17. The van der Waals surface area contributed by atoms with Crippen LogP contribution in [0.25, 0.3) is 22.4 Å². The van der Waals surface area contributed by atoms with Crippen LogP contribution in [0.5, 0.6) is 5.88 Å². The zero-order valence-corrected chi connectivity index (χ0v) is 24.0. The standard InChI is InChI=1S/C30H27ClF2N6O4/c1-16-8-17-4-6-38(13-25(17)35-29(16)42-15-21-22(32)10-19(31)11-23(21)33)14-27-34-24-9-18(28-36-30(40)43-37-28)2-3-26(24)39(27)12-20-5-7-41-20/h2-3,8-11,20H,4-7,12-15H2,1H3,(H,36,37,40)/t20-/m0/s1. The molecule has 1 fully saturated rings. The second-order valence-electron chi connectivity index (χ2n) is 10.9. The zero-order chi connectivity index (χ0) is 29.7. The van der Waals surface area contributed by atoms with Gasteiger partial charge in [-0.1, -0.05) is 16.8 Å². The Morgan fingerprint density at radius 3 is 2.70 bits per heavy atom. The first-order valence-corrected chi connectivity index (χ1v) is 14.3. The van der Waals surface area contributed by atoms with Crippen molar-refractivity contribution in [1.82, 2.24) is 29.6 Å². The van der Waals surface area contributed by atoms with Gasteiger partial charge in [-0.05, 0) is 61.7 Å². The van der Waals surface area contributed by atoms with Crippen molar-refractivity contribution in [2.75, 3.05) is 13.2 Å². The summed E-state index contributed by atoms with van der Waals surface area (Å²) in [4.78, 5) is 26.0. The number of H-pyrrole nitrogens is 1. The quantitative estimate of drug-likeness (QED) is 0.264. The Kier molecular flexibility index (Phi) is 7.20. The smallest absolute Gasteiger partial charge is 0.439 e. The summed E-state index contributed by atoms with van der Waals surface area (Å²) in [6.45, 7) is 4.95. The van der Waals surface area contributed by atoms with Gasteiger partial charge in [-0.2, -0.15) is 0 Å². The van der Waals surface area contributed by atoms with Crippen molar-refractivity contribution in [1.29, 1.82) is 0 Å². The van der Waals surface area contributed by atoms with E-state index in [0.717, 1.165) is 71.8 Å². The maximum absolute atomic E-state index is 14.3. The molecule has 3 aromatic heterocycles. The van der Waals surface area contributed by atoms with Crippen molar-refractivity contribution in [3.8, 4) is 17.3 Å². The van der Waals surface area contributed by atoms with Gasteiger partial charge in [0.05, 0.1) is 41.5 Å². The van der Waals surface area contributed by atoms with Gasteiger partial charge in [0.2, 0.25) is 5.88 Å². The fourth-order valence-corrected chi connectivity index (χ4v) is 5.77. The Balaban J connectivity index is 1.13. The number of rotatable bonds is 8. The molecule has 10 nitrogen and oxygen atoms in total. The Labute approximate surface area is 249 Å². The van der Waals surface area contributed by atoms with Crippen molar-refractivity contribution >= 4 is 22.6 Å². The highest BCUT2D eigenvalue weighted by Crippen LogP contribution is 2.29. The van der Waals surface area contributed by atoms with Gasteiger partial charge < -0.3 is 14.0 Å². The van der Waals surface area contributed by atoms with Gasteiger partial charge in [-0.3, -0.25) is 14.4 Å². The van der Waals surface area contributed by atoms with Gasteiger partial charge in [0, 0.05) is 35.8 Å². The Morgan fingerprint density at radius 1 is 1.16 bits per heavy atom. The minimum Gasteiger partial charge on any atom is -0.472 e. The van der Waals surface area contributed by atoms with E-state index in [9.17, 15) is 13.6 Å². The van der Waals surface area contributed by atoms with Gasteiger partial charge in [0.25, 0.3) is 0 Å². The lowest BCUT2D eigenvalue weighted by molar-refractivity contribution is -0.0592. The Morgan fingerprint density at radius 2 is 1.98 bits per heavy atom. The van der Waals surface area contributed by atoms with E-state index in [-0.39, 0.29) is 23.3 Å². The van der Waals surface area contributed by atoms with Crippen LogP contribution < -0.4 is 10.5 Å². The molecule has 43 heavy (non-hydrogen) atoms. The van der Waals surface area contributed by atoms with Crippen LogP contribution >= 0.6 is 11.6 Å². The average Bonchev–Trinajstić information content (AvgIpc) is 3.53. The van der Waals surface area contributed by atoms with Crippen LogP contribution in [0.15, 0.2) is 45.7 Å². The lowest BCUT2D eigenvalue weighted by Gasteiger charge is -2.30. The monoisotopic (exact) mass is 608 g/mol. The molecule has 2 aliphatic rings. The lowest BCUT2D eigenvalue weighted by Crippen LogP contribution is -2.34. The van der Waals surface area contributed by atoms with Gasteiger partial charge in [0.1, 0.15) is 24.1 Å². The first-order chi connectivity index (χ1) is 20.8. The summed E-state index contributed by atoms with van der Waals surface area (Å²) >= 11 is 5.75. The number of halogens is 3. The number of nitrogens with zero attached hydrogens (tertiary/aromatic N) is 5. The number of pyridine rings is 1. The van der Waals surface area contributed by atoms with E-state index in [0.29, 0.717) is 36.9 Å². The molecular weight excluding hydrogens is 582 g/mol. The fraction of sp³-hybridized carbons (Fsp3) is 0.333. The number of aromatic amines is 1. The van der Waals surface area contributed by atoms with Gasteiger partial charge >= 0.3 is 5.76 Å². The molecule has 5 aromatic rings. The van der Waals surface area contributed by atoms with Crippen molar-refractivity contribution in [2.24, 2.45) is 0 Å². The van der Waals surface area contributed by atoms with Crippen molar-refractivity contribution in [2.45, 2.75) is 52.1 Å². The van der Waals surface area contributed by atoms with Crippen molar-refractivity contribution < 1.29 is 22.8 Å². The largest absolute Gasteiger partial charge is 0.472 e.